The van der Waals surface area contributed by atoms with Crippen molar-refractivity contribution in [2.75, 3.05) is 14.2 Å². The maximum atomic E-state index is 15.3. The molecule has 1 aromatic carbocycles. The molecule has 13 heteroatoms. The lowest BCUT2D eigenvalue weighted by molar-refractivity contribution is 0.406. The molecule has 0 amide bonds. The van der Waals surface area contributed by atoms with Crippen LogP contribution in [-0.2, 0) is 4.74 Å². The van der Waals surface area contributed by atoms with E-state index in [0.29, 0.717) is 35.3 Å². The van der Waals surface area contributed by atoms with E-state index in [1.54, 1.807) is 36.0 Å². The largest absolute Gasteiger partial charge is 0.481 e. The zero-order valence-corrected chi connectivity index (χ0v) is 21.5. The number of hydrogen-bond acceptors (Lipinski definition) is 8. The lowest BCUT2D eigenvalue weighted by atomic mass is 10.1. The zero-order valence-electron chi connectivity index (χ0n) is 20.8. The number of methoxy groups -OCH3 is 1. The Morgan fingerprint density at radius 1 is 1.39 bits per heavy atom. The minimum atomic E-state index is -0.718. The van der Waals surface area contributed by atoms with Crippen molar-refractivity contribution in [3.8, 4) is 16.9 Å². The number of rotatable bonds is 6. The second kappa shape index (κ2) is 10.1. The van der Waals surface area contributed by atoms with Crippen LogP contribution in [0, 0.1) is 5.82 Å². The fourth-order valence-electron chi connectivity index (χ4n) is 4.57. The van der Waals surface area contributed by atoms with Crippen molar-refractivity contribution in [2.24, 2.45) is 4.99 Å². The van der Waals surface area contributed by atoms with Crippen LogP contribution in [0.1, 0.15) is 42.6 Å². The lowest BCUT2D eigenvalue weighted by Crippen LogP contribution is -2.25. The Hall–Kier alpha value is -4.45. The number of aromatic amines is 1. The van der Waals surface area contributed by atoms with Gasteiger partial charge in [0.05, 0.1) is 47.0 Å². The Morgan fingerprint density at radius 3 is 2.89 bits per heavy atom. The summed E-state index contributed by atoms with van der Waals surface area (Å²) in [6, 6.07) is 3.87. The minimum Gasteiger partial charge on any atom is -0.481 e. The summed E-state index contributed by atoms with van der Waals surface area (Å²) in [6.07, 6.45) is 6.96. The van der Waals surface area contributed by atoms with E-state index in [-0.39, 0.29) is 27.8 Å². The summed E-state index contributed by atoms with van der Waals surface area (Å²) in [5.41, 5.74) is 1.56. The van der Waals surface area contributed by atoms with Gasteiger partial charge in [0, 0.05) is 30.7 Å². The van der Waals surface area contributed by atoms with Gasteiger partial charge in [-0.1, -0.05) is 31.2 Å². The summed E-state index contributed by atoms with van der Waals surface area (Å²) in [5, 5.41) is 11.0. The van der Waals surface area contributed by atoms with Crippen LogP contribution in [-0.4, -0.2) is 59.8 Å². The molecule has 1 N–H and O–H groups in total. The highest BCUT2D eigenvalue weighted by molar-refractivity contribution is 6.31. The molecule has 194 valence electrons. The van der Waals surface area contributed by atoms with E-state index < -0.39 is 11.9 Å². The van der Waals surface area contributed by atoms with Crippen LogP contribution in [0.15, 0.2) is 59.2 Å². The summed E-state index contributed by atoms with van der Waals surface area (Å²) < 4.78 is 23.4. The Bertz CT molecular complexity index is 1640. The molecule has 0 bridgehead atoms. The van der Waals surface area contributed by atoms with Crippen molar-refractivity contribution in [3.05, 3.63) is 88.0 Å². The van der Waals surface area contributed by atoms with Crippen LogP contribution in [0.3, 0.4) is 0 Å². The summed E-state index contributed by atoms with van der Waals surface area (Å²) >= 11 is 6.09. The van der Waals surface area contributed by atoms with E-state index in [2.05, 4.69) is 37.1 Å². The number of H-pyrrole nitrogens is 1. The molecular weight excluding hydrogens is 513 g/mol. The third-order valence-electron chi connectivity index (χ3n) is 6.38. The van der Waals surface area contributed by atoms with E-state index in [4.69, 9.17) is 21.3 Å². The lowest BCUT2D eigenvalue weighted by Gasteiger charge is -2.15. The molecule has 4 aromatic rings. The number of benzene rings is 1. The van der Waals surface area contributed by atoms with Gasteiger partial charge in [-0.15, -0.1) is 5.10 Å². The Morgan fingerprint density at radius 2 is 2.21 bits per heavy atom. The maximum Gasteiger partial charge on any atom is 0.254 e. The van der Waals surface area contributed by atoms with Crippen molar-refractivity contribution >= 4 is 23.1 Å². The fraction of sp³-hybridized carbons (Fsp3) is 0.240. The van der Waals surface area contributed by atoms with Crippen LogP contribution >= 0.6 is 11.6 Å². The monoisotopic (exact) mass is 535 g/mol. The molecule has 0 radical (unpaired) electrons. The highest BCUT2D eigenvalue weighted by Crippen LogP contribution is 2.39. The zero-order chi connectivity index (χ0) is 27.0. The number of aliphatic imine (C=N–C) groups is 1. The maximum absolute atomic E-state index is 15.3. The van der Waals surface area contributed by atoms with Crippen LogP contribution in [0.4, 0.5) is 4.39 Å². The highest BCUT2D eigenvalue weighted by atomic mass is 35.5. The first-order valence-electron chi connectivity index (χ1n) is 11.6. The number of ether oxygens (including phenoxy) is 1. The quantitative estimate of drug-likeness (QED) is 0.226. The van der Waals surface area contributed by atoms with Gasteiger partial charge in [-0.3, -0.25) is 14.4 Å². The number of hydrogen-bond donors (Lipinski definition) is 1. The number of tetrazole rings is 1. The first-order valence-corrected chi connectivity index (χ1v) is 12.0. The van der Waals surface area contributed by atoms with E-state index in [0.717, 1.165) is 5.57 Å². The van der Waals surface area contributed by atoms with Crippen LogP contribution in [0.25, 0.3) is 22.5 Å². The SMILES string of the molecule is C=C/C(=C\C(=NC)OC)c1cnc([C@@H]2C[C@@H](C)c3nc(-c4c(-n5cnnn5)ccc(Cl)c4F)cc(=O)n32)[nH]1. The molecule has 38 heavy (non-hydrogen) atoms. The van der Waals surface area contributed by atoms with Crippen LogP contribution in [0.5, 0.6) is 0 Å². The molecule has 0 fully saturated rings. The number of nitrogens with zero attached hydrogens (tertiary/aromatic N) is 8. The average Bonchev–Trinajstić information content (AvgIpc) is 3.67. The minimum absolute atomic E-state index is 0.0357. The van der Waals surface area contributed by atoms with Gasteiger partial charge in [0.15, 0.2) is 5.82 Å². The molecular formula is C25H23ClFN9O2. The normalized spacial score (nSPS) is 17.5. The number of imidazole rings is 1. The molecule has 3 aromatic heterocycles. The van der Waals surface area contributed by atoms with Crippen molar-refractivity contribution < 1.29 is 9.13 Å². The molecule has 0 unspecified atom stereocenters. The molecule has 0 saturated heterocycles. The number of aromatic nitrogens is 8. The van der Waals surface area contributed by atoms with E-state index >= 15 is 4.39 Å². The van der Waals surface area contributed by atoms with Crippen LogP contribution in [0.2, 0.25) is 5.02 Å². The molecule has 5 rings (SSSR count). The van der Waals surface area contributed by atoms with Gasteiger partial charge >= 0.3 is 0 Å². The van der Waals surface area contributed by atoms with E-state index in [1.807, 2.05) is 6.92 Å². The Balaban J connectivity index is 1.58. The summed E-state index contributed by atoms with van der Waals surface area (Å²) in [7, 11) is 3.16. The summed E-state index contributed by atoms with van der Waals surface area (Å²) in [4.78, 5) is 30.1. The number of halogens is 2. The molecule has 0 aliphatic carbocycles. The number of fused-ring (bicyclic) bond motifs is 1. The smallest absolute Gasteiger partial charge is 0.254 e. The van der Waals surface area contributed by atoms with Gasteiger partial charge in [0.1, 0.15) is 18.0 Å². The van der Waals surface area contributed by atoms with E-state index in [1.165, 1.54) is 30.3 Å². The molecule has 0 saturated carbocycles. The first-order chi connectivity index (χ1) is 18.4. The Kier molecular flexibility index (Phi) is 6.72. The molecule has 2 atom stereocenters. The summed E-state index contributed by atoms with van der Waals surface area (Å²) in [5.74, 6) is 0.700. The van der Waals surface area contributed by atoms with Gasteiger partial charge in [0.25, 0.3) is 5.56 Å². The van der Waals surface area contributed by atoms with Crippen molar-refractivity contribution in [2.45, 2.75) is 25.3 Å². The average molecular weight is 536 g/mol. The van der Waals surface area contributed by atoms with Crippen molar-refractivity contribution in [3.63, 3.8) is 0 Å². The van der Waals surface area contributed by atoms with Gasteiger partial charge in [-0.25, -0.2) is 14.4 Å². The van der Waals surface area contributed by atoms with Gasteiger partial charge in [-0.2, -0.15) is 4.68 Å². The number of nitrogens with one attached hydrogen (secondary N) is 1. The van der Waals surface area contributed by atoms with Crippen LogP contribution < -0.4 is 5.56 Å². The second-order valence-electron chi connectivity index (χ2n) is 8.62. The standard InChI is InChI=1S/C25H23ClFN9O2/c1-5-14(9-20(28-3)38-4)17-11-29-24(31-17)19-8-13(2)25-32-16(10-21(37)36(19)25)22-18(35-12-30-33-34-35)7-6-15(26)23(22)27/h5-7,9-13,19H,1,8H2,2-4H3,(H,29,31)/b14-9+,28-20?/t13-,19+/m1/s1. The molecule has 11 nitrogen and oxygen atoms in total. The van der Waals surface area contributed by atoms with Gasteiger partial charge in [0.2, 0.25) is 5.90 Å². The summed E-state index contributed by atoms with van der Waals surface area (Å²) in [6.45, 7) is 5.82. The molecule has 0 spiro atoms. The predicted octanol–water partition coefficient (Wildman–Crippen LogP) is 3.74. The molecule has 1 aliphatic heterocycles. The first kappa shape index (κ1) is 25.2. The van der Waals surface area contributed by atoms with Crippen molar-refractivity contribution in [1.82, 2.24) is 39.7 Å². The second-order valence-corrected chi connectivity index (χ2v) is 9.03. The third-order valence-corrected chi connectivity index (χ3v) is 6.68. The van der Waals surface area contributed by atoms with Gasteiger partial charge in [-0.05, 0) is 29.0 Å². The van der Waals surface area contributed by atoms with E-state index in [9.17, 15) is 4.79 Å². The van der Waals surface area contributed by atoms with Crippen molar-refractivity contribution in [1.29, 1.82) is 0 Å². The highest BCUT2D eigenvalue weighted by Gasteiger charge is 2.34. The number of allylic oxidation sites excluding steroid dienone is 2. The fourth-order valence-corrected chi connectivity index (χ4v) is 4.73. The molecule has 1 aliphatic rings. The third kappa shape index (κ3) is 4.32. The van der Waals surface area contributed by atoms with Gasteiger partial charge < -0.3 is 9.72 Å². The topological polar surface area (TPSA) is 129 Å². The molecule has 4 heterocycles. The Labute approximate surface area is 221 Å². The predicted molar refractivity (Wildman–Crippen MR) is 140 cm³/mol.